The summed E-state index contributed by atoms with van der Waals surface area (Å²) in [7, 11) is 3.28. The van der Waals surface area contributed by atoms with Crippen LogP contribution in [0.15, 0.2) is 18.2 Å². The molecule has 1 aromatic rings. The van der Waals surface area contributed by atoms with Crippen LogP contribution in [0, 0.1) is 0 Å². The normalized spacial score (nSPS) is 19.2. The molecule has 0 aliphatic carbocycles. The SMILES string of the molecule is COc1ccc(CNC[C@H]2COCCO2)cc1OC. The Morgan fingerprint density at radius 3 is 2.74 bits per heavy atom. The molecule has 1 saturated heterocycles. The molecule has 19 heavy (non-hydrogen) atoms. The number of methoxy groups -OCH3 is 2. The van der Waals surface area contributed by atoms with E-state index in [2.05, 4.69) is 5.32 Å². The van der Waals surface area contributed by atoms with Gasteiger partial charge in [-0.05, 0) is 17.7 Å². The monoisotopic (exact) mass is 267 g/mol. The molecule has 0 saturated carbocycles. The topological polar surface area (TPSA) is 49.0 Å². The summed E-state index contributed by atoms with van der Waals surface area (Å²) in [5.41, 5.74) is 1.15. The largest absolute Gasteiger partial charge is 0.493 e. The van der Waals surface area contributed by atoms with Gasteiger partial charge in [-0.25, -0.2) is 0 Å². The molecule has 1 heterocycles. The Balaban J connectivity index is 1.81. The van der Waals surface area contributed by atoms with Gasteiger partial charge in [-0.15, -0.1) is 0 Å². The van der Waals surface area contributed by atoms with E-state index in [1.54, 1.807) is 14.2 Å². The van der Waals surface area contributed by atoms with Crippen molar-refractivity contribution < 1.29 is 18.9 Å². The van der Waals surface area contributed by atoms with Gasteiger partial charge in [-0.1, -0.05) is 6.07 Å². The van der Waals surface area contributed by atoms with Gasteiger partial charge in [0.2, 0.25) is 0 Å². The van der Waals surface area contributed by atoms with Crippen molar-refractivity contribution in [1.82, 2.24) is 5.32 Å². The summed E-state index contributed by atoms with van der Waals surface area (Å²) in [4.78, 5) is 0. The number of nitrogens with one attached hydrogen (secondary N) is 1. The van der Waals surface area contributed by atoms with Crippen LogP contribution in [0.25, 0.3) is 0 Å². The van der Waals surface area contributed by atoms with Gasteiger partial charge in [0, 0.05) is 13.1 Å². The van der Waals surface area contributed by atoms with Gasteiger partial charge in [0.15, 0.2) is 11.5 Å². The zero-order chi connectivity index (χ0) is 13.5. The second-order valence-corrected chi connectivity index (χ2v) is 4.39. The van der Waals surface area contributed by atoms with Gasteiger partial charge >= 0.3 is 0 Å². The highest BCUT2D eigenvalue weighted by Gasteiger charge is 2.13. The van der Waals surface area contributed by atoms with E-state index in [1.807, 2.05) is 18.2 Å². The Bertz CT molecular complexity index is 391. The van der Waals surface area contributed by atoms with E-state index in [9.17, 15) is 0 Å². The van der Waals surface area contributed by atoms with Gasteiger partial charge in [-0.3, -0.25) is 0 Å². The summed E-state index contributed by atoms with van der Waals surface area (Å²) in [6.45, 7) is 3.60. The van der Waals surface area contributed by atoms with Crippen molar-refractivity contribution in [2.75, 3.05) is 40.6 Å². The van der Waals surface area contributed by atoms with E-state index >= 15 is 0 Å². The minimum atomic E-state index is 0.147. The zero-order valence-corrected chi connectivity index (χ0v) is 11.5. The molecule has 0 bridgehead atoms. The minimum Gasteiger partial charge on any atom is -0.493 e. The molecule has 5 heteroatoms. The summed E-state index contributed by atoms with van der Waals surface area (Å²) in [5, 5.41) is 3.36. The molecule has 2 rings (SSSR count). The Morgan fingerprint density at radius 1 is 1.21 bits per heavy atom. The van der Waals surface area contributed by atoms with Crippen LogP contribution in [0.4, 0.5) is 0 Å². The predicted molar refractivity (Wildman–Crippen MR) is 71.8 cm³/mol. The highest BCUT2D eigenvalue weighted by Crippen LogP contribution is 2.27. The van der Waals surface area contributed by atoms with E-state index in [-0.39, 0.29) is 6.10 Å². The summed E-state index contributed by atoms with van der Waals surface area (Å²) < 4.78 is 21.4. The van der Waals surface area contributed by atoms with E-state index in [0.29, 0.717) is 19.8 Å². The molecular formula is C14H21NO4. The maximum Gasteiger partial charge on any atom is 0.161 e. The van der Waals surface area contributed by atoms with Crippen molar-refractivity contribution in [2.45, 2.75) is 12.6 Å². The average Bonchev–Trinajstić information content (AvgIpc) is 2.48. The van der Waals surface area contributed by atoms with E-state index in [0.717, 1.165) is 30.2 Å². The third-order valence-corrected chi connectivity index (χ3v) is 3.03. The number of benzene rings is 1. The van der Waals surface area contributed by atoms with E-state index in [1.165, 1.54) is 0 Å². The van der Waals surface area contributed by atoms with E-state index in [4.69, 9.17) is 18.9 Å². The zero-order valence-electron chi connectivity index (χ0n) is 11.5. The second kappa shape index (κ2) is 7.33. The molecule has 1 atom stereocenters. The van der Waals surface area contributed by atoms with Gasteiger partial charge < -0.3 is 24.3 Å². The molecule has 5 nitrogen and oxygen atoms in total. The Morgan fingerprint density at radius 2 is 2.05 bits per heavy atom. The van der Waals surface area contributed by atoms with Gasteiger partial charge in [-0.2, -0.15) is 0 Å². The summed E-state index contributed by atoms with van der Waals surface area (Å²) >= 11 is 0. The van der Waals surface area contributed by atoms with Crippen molar-refractivity contribution in [3.63, 3.8) is 0 Å². The molecule has 1 aliphatic heterocycles. The molecule has 0 amide bonds. The molecule has 1 aromatic carbocycles. The van der Waals surface area contributed by atoms with Crippen molar-refractivity contribution in [3.05, 3.63) is 23.8 Å². The first-order chi connectivity index (χ1) is 9.33. The molecule has 0 aromatic heterocycles. The number of rotatable bonds is 6. The molecule has 1 aliphatic rings. The van der Waals surface area contributed by atoms with Crippen LogP contribution in [-0.2, 0) is 16.0 Å². The van der Waals surface area contributed by atoms with Crippen LogP contribution in [0.3, 0.4) is 0 Å². The third-order valence-electron chi connectivity index (χ3n) is 3.03. The van der Waals surface area contributed by atoms with Crippen molar-refractivity contribution in [3.8, 4) is 11.5 Å². The molecule has 0 spiro atoms. The van der Waals surface area contributed by atoms with Gasteiger partial charge in [0.05, 0.1) is 40.1 Å². The van der Waals surface area contributed by atoms with Crippen molar-refractivity contribution in [2.24, 2.45) is 0 Å². The van der Waals surface area contributed by atoms with E-state index < -0.39 is 0 Å². The Labute approximate surface area is 113 Å². The summed E-state index contributed by atoms with van der Waals surface area (Å²) in [6.07, 6.45) is 0.147. The highest BCUT2D eigenvalue weighted by molar-refractivity contribution is 5.42. The van der Waals surface area contributed by atoms with Gasteiger partial charge in [0.1, 0.15) is 0 Å². The Hall–Kier alpha value is -1.30. The van der Waals surface area contributed by atoms with Crippen LogP contribution >= 0.6 is 0 Å². The van der Waals surface area contributed by atoms with Crippen LogP contribution in [0.5, 0.6) is 11.5 Å². The fraction of sp³-hybridized carbons (Fsp3) is 0.571. The quantitative estimate of drug-likeness (QED) is 0.839. The molecule has 0 radical (unpaired) electrons. The van der Waals surface area contributed by atoms with Crippen LogP contribution in [0.1, 0.15) is 5.56 Å². The van der Waals surface area contributed by atoms with Gasteiger partial charge in [0.25, 0.3) is 0 Å². The maximum atomic E-state index is 5.57. The fourth-order valence-corrected chi connectivity index (χ4v) is 2.02. The second-order valence-electron chi connectivity index (χ2n) is 4.39. The lowest BCUT2D eigenvalue weighted by Gasteiger charge is -2.23. The van der Waals surface area contributed by atoms with Crippen LogP contribution in [-0.4, -0.2) is 46.7 Å². The lowest BCUT2D eigenvalue weighted by molar-refractivity contribution is -0.0864. The molecule has 106 valence electrons. The average molecular weight is 267 g/mol. The number of ether oxygens (including phenoxy) is 4. The van der Waals surface area contributed by atoms with Crippen LogP contribution < -0.4 is 14.8 Å². The molecular weight excluding hydrogens is 246 g/mol. The minimum absolute atomic E-state index is 0.147. The lowest BCUT2D eigenvalue weighted by Crippen LogP contribution is -2.37. The molecule has 1 N–H and O–H groups in total. The predicted octanol–water partition coefficient (Wildman–Crippen LogP) is 1.21. The maximum absolute atomic E-state index is 5.57. The first kappa shape index (κ1) is 14.1. The van der Waals surface area contributed by atoms with Crippen molar-refractivity contribution >= 4 is 0 Å². The Kier molecular flexibility index (Phi) is 5.44. The first-order valence-corrected chi connectivity index (χ1v) is 6.44. The first-order valence-electron chi connectivity index (χ1n) is 6.44. The molecule has 0 unspecified atom stereocenters. The third kappa shape index (κ3) is 4.09. The summed E-state index contributed by atoms with van der Waals surface area (Å²) in [5.74, 6) is 1.49. The summed E-state index contributed by atoms with van der Waals surface area (Å²) in [6, 6.07) is 5.91. The highest BCUT2D eigenvalue weighted by atomic mass is 16.6. The number of hydrogen-bond acceptors (Lipinski definition) is 5. The van der Waals surface area contributed by atoms with Crippen molar-refractivity contribution in [1.29, 1.82) is 0 Å². The number of hydrogen-bond donors (Lipinski definition) is 1. The standard InChI is InChI=1S/C14H21NO4/c1-16-13-4-3-11(7-14(13)17-2)8-15-9-12-10-18-5-6-19-12/h3-4,7,12,15H,5-6,8-10H2,1-2H3/t12-/m0/s1. The smallest absolute Gasteiger partial charge is 0.161 e. The van der Waals surface area contributed by atoms with Crippen LogP contribution in [0.2, 0.25) is 0 Å². The lowest BCUT2D eigenvalue weighted by atomic mass is 10.2. The fourth-order valence-electron chi connectivity index (χ4n) is 2.02. The molecule has 1 fully saturated rings.